The molecule has 2 nitrogen and oxygen atoms in total. The molecule has 0 rings (SSSR count). The molecule has 0 fully saturated rings. The summed E-state index contributed by atoms with van der Waals surface area (Å²) in [7, 11) is 0. The molecule has 0 aliphatic rings. The van der Waals surface area contributed by atoms with Crippen LogP contribution in [0, 0.1) is 0 Å². The predicted octanol–water partition coefficient (Wildman–Crippen LogP) is -0.0447. The first-order valence-corrected chi connectivity index (χ1v) is 1.15. The summed E-state index contributed by atoms with van der Waals surface area (Å²) in [6.45, 7) is 0. The van der Waals surface area contributed by atoms with Gasteiger partial charge in [-0.05, 0) is 0 Å². The maximum Gasteiger partial charge on any atom is 0.371 e. The predicted molar refractivity (Wildman–Crippen MR) is 19.4 cm³/mol. The van der Waals surface area contributed by atoms with Crippen molar-refractivity contribution >= 4 is 31.8 Å². The Kier molecular flexibility index (Phi) is 6.38. The van der Waals surface area contributed by atoms with Gasteiger partial charge in [0.25, 0.3) is 0 Å². The Balaban J connectivity index is 0. The molecule has 0 atom stereocenters. The summed E-state index contributed by atoms with van der Waals surface area (Å²) in [6.07, 6.45) is -3.23. The molecule has 0 heterocycles. The standard InChI is InChI=1S/C2H2F2O2.In/c3-1(4)2(5)6;/h1H,(H,5,6);. The van der Waals surface area contributed by atoms with Gasteiger partial charge in [-0.15, -0.1) is 0 Å². The number of carboxylic acids is 1. The van der Waals surface area contributed by atoms with Crippen molar-refractivity contribution in [3.63, 3.8) is 0 Å². The first kappa shape index (κ1) is 10.2. The minimum atomic E-state index is -3.23. The molecule has 3 radical (unpaired) electrons. The van der Waals surface area contributed by atoms with E-state index in [1.54, 1.807) is 0 Å². The molecular formula is C2H2F2InO2. The van der Waals surface area contributed by atoms with Crippen molar-refractivity contribution in [2.75, 3.05) is 0 Å². The Morgan fingerprint density at radius 2 is 1.71 bits per heavy atom. The number of aliphatic carboxylic acids is 1. The fraction of sp³-hybridized carbons (Fsp3) is 0.500. The van der Waals surface area contributed by atoms with Gasteiger partial charge < -0.3 is 5.11 Å². The van der Waals surface area contributed by atoms with Crippen molar-refractivity contribution in [1.29, 1.82) is 0 Å². The Hall–Kier alpha value is 0.200. The fourth-order valence-electron chi connectivity index (χ4n) is 0. The van der Waals surface area contributed by atoms with Crippen LogP contribution in [0.4, 0.5) is 8.78 Å². The monoisotopic (exact) mass is 211 g/mol. The molecule has 0 aromatic carbocycles. The SMILES string of the molecule is O=C(O)C(F)F.[In]. The molecule has 0 bridgehead atoms. The maximum atomic E-state index is 10.6. The molecule has 39 valence electrons. The second-order valence-corrected chi connectivity index (χ2v) is 0.639. The number of carboxylic acid groups (broad SMARTS) is 1. The summed E-state index contributed by atoms with van der Waals surface area (Å²) < 4.78 is 21.1. The average Bonchev–Trinajstić information content (AvgIpc) is 1.36. The topological polar surface area (TPSA) is 37.3 Å². The number of carbonyl (C=O) groups is 1. The number of hydrogen-bond acceptors (Lipinski definition) is 1. The molecule has 0 spiro atoms. The molecule has 7 heavy (non-hydrogen) atoms. The van der Waals surface area contributed by atoms with E-state index in [-0.39, 0.29) is 25.8 Å². The first-order chi connectivity index (χ1) is 2.64. The summed E-state index contributed by atoms with van der Waals surface area (Å²) in [6, 6.07) is 0. The number of hydrogen-bond donors (Lipinski definition) is 1. The van der Waals surface area contributed by atoms with Crippen LogP contribution in [0.1, 0.15) is 0 Å². The summed E-state index contributed by atoms with van der Waals surface area (Å²) in [5.41, 5.74) is 0. The molecule has 5 heteroatoms. The van der Waals surface area contributed by atoms with E-state index >= 15 is 0 Å². The molecule has 0 aromatic heterocycles. The third kappa shape index (κ3) is 6.20. The van der Waals surface area contributed by atoms with Gasteiger partial charge in [0.15, 0.2) is 0 Å². The van der Waals surface area contributed by atoms with E-state index in [0.29, 0.717) is 0 Å². The van der Waals surface area contributed by atoms with Crippen molar-refractivity contribution in [3.8, 4) is 0 Å². The van der Waals surface area contributed by atoms with E-state index in [2.05, 4.69) is 0 Å². The summed E-state index contributed by atoms with van der Waals surface area (Å²) >= 11 is 0. The zero-order valence-corrected chi connectivity index (χ0v) is 6.56. The smallest absolute Gasteiger partial charge is 0.371 e. The normalized spacial score (nSPS) is 7.86. The van der Waals surface area contributed by atoms with Crippen LogP contribution >= 0.6 is 0 Å². The van der Waals surface area contributed by atoms with Crippen LogP contribution in [0.5, 0.6) is 0 Å². The largest absolute Gasteiger partial charge is 0.477 e. The molecule has 0 unspecified atom stereocenters. The Morgan fingerprint density at radius 3 is 1.71 bits per heavy atom. The second-order valence-electron chi connectivity index (χ2n) is 0.639. The van der Waals surface area contributed by atoms with Gasteiger partial charge in [0.1, 0.15) is 0 Å². The zero-order valence-electron chi connectivity index (χ0n) is 3.27. The molecular weight excluding hydrogens is 209 g/mol. The van der Waals surface area contributed by atoms with Crippen LogP contribution in [-0.4, -0.2) is 43.3 Å². The van der Waals surface area contributed by atoms with E-state index in [1.165, 1.54) is 0 Å². The third-order valence-corrected chi connectivity index (χ3v) is 0.187. The molecule has 0 amide bonds. The van der Waals surface area contributed by atoms with Crippen molar-refractivity contribution in [1.82, 2.24) is 0 Å². The second kappa shape index (κ2) is 4.36. The van der Waals surface area contributed by atoms with Crippen LogP contribution in [0.2, 0.25) is 0 Å². The van der Waals surface area contributed by atoms with E-state index < -0.39 is 12.4 Å². The van der Waals surface area contributed by atoms with Gasteiger partial charge in [-0.3, -0.25) is 0 Å². The van der Waals surface area contributed by atoms with Gasteiger partial charge in [0, 0.05) is 25.8 Å². The number of alkyl halides is 2. The van der Waals surface area contributed by atoms with Gasteiger partial charge >= 0.3 is 12.4 Å². The van der Waals surface area contributed by atoms with Gasteiger partial charge in [0.05, 0.1) is 0 Å². The van der Waals surface area contributed by atoms with Gasteiger partial charge in [-0.25, -0.2) is 4.79 Å². The first-order valence-electron chi connectivity index (χ1n) is 1.15. The van der Waals surface area contributed by atoms with Gasteiger partial charge in [0.2, 0.25) is 0 Å². The third-order valence-electron chi connectivity index (χ3n) is 0.187. The maximum absolute atomic E-state index is 10.6. The zero-order chi connectivity index (χ0) is 5.15. The molecule has 0 aromatic rings. The van der Waals surface area contributed by atoms with Crippen LogP contribution in [0.3, 0.4) is 0 Å². The van der Waals surface area contributed by atoms with Crippen LogP contribution < -0.4 is 0 Å². The molecule has 1 N–H and O–H groups in total. The van der Waals surface area contributed by atoms with Crippen molar-refractivity contribution < 1.29 is 18.7 Å². The van der Waals surface area contributed by atoms with E-state index in [0.717, 1.165) is 0 Å². The summed E-state index contributed by atoms with van der Waals surface area (Å²) in [5.74, 6) is -2.07. The Morgan fingerprint density at radius 1 is 1.57 bits per heavy atom. The molecule has 0 saturated heterocycles. The van der Waals surface area contributed by atoms with Crippen LogP contribution in [0.15, 0.2) is 0 Å². The summed E-state index contributed by atoms with van der Waals surface area (Å²) in [4.78, 5) is 8.95. The van der Waals surface area contributed by atoms with Crippen LogP contribution in [0.25, 0.3) is 0 Å². The van der Waals surface area contributed by atoms with Gasteiger partial charge in [-0.1, -0.05) is 0 Å². The van der Waals surface area contributed by atoms with E-state index in [4.69, 9.17) is 9.90 Å². The quantitative estimate of drug-likeness (QED) is 0.660. The molecule has 0 aliphatic heterocycles. The van der Waals surface area contributed by atoms with Gasteiger partial charge in [-0.2, -0.15) is 8.78 Å². The Labute approximate surface area is 57.3 Å². The van der Waals surface area contributed by atoms with Crippen LogP contribution in [-0.2, 0) is 4.79 Å². The fourth-order valence-corrected chi connectivity index (χ4v) is 0. The van der Waals surface area contributed by atoms with Crippen molar-refractivity contribution in [2.24, 2.45) is 0 Å². The summed E-state index contributed by atoms with van der Waals surface area (Å²) in [5, 5.41) is 7.24. The Bertz CT molecular complexity index is 64.7. The number of halogens is 2. The minimum absolute atomic E-state index is 0. The minimum Gasteiger partial charge on any atom is -0.477 e. The van der Waals surface area contributed by atoms with E-state index in [9.17, 15) is 8.78 Å². The molecule has 0 aliphatic carbocycles. The number of rotatable bonds is 1. The average molecular weight is 211 g/mol. The van der Waals surface area contributed by atoms with E-state index in [1.807, 2.05) is 0 Å². The van der Waals surface area contributed by atoms with Crippen molar-refractivity contribution in [3.05, 3.63) is 0 Å². The molecule has 0 saturated carbocycles. The van der Waals surface area contributed by atoms with Crippen molar-refractivity contribution in [2.45, 2.75) is 6.43 Å².